The molecule has 1 fully saturated rings. The number of rotatable bonds is 3. The Morgan fingerprint density at radius 2 is 1.71 bits per heavy atom. The van der Waals surface area contributed by atoms with E-state index in [4.69, 9.17) is 0 Å². The van der Waals surface area contributed by atoms with Gasteiger partial charge in [-0.1, -0.05) is 0 Å². The van der Waals surface area contributed by atoms with E-state index in [2.05, 4.69) is 30.0 Å². The molecule has 8 nitrogen and oxygen atoms in total. The summed E-state index contributed by atoms with van der Waals surface area (Å²) in [6.07, 6.45) is 7.93. The Morgan fingerprint density at radius 1 is 1.00 bits per heavy atom. The molecule has 3 aromatic heterocycles. The fourth-order valence-electron chi connectivity index (χ4n) is 2.99. The average Bonchev–Trinajstić information content (AvgIpc) is 3.28. The van der Waals surface area contributed by atoms with Crippen LogP contribution in [0.5, 0.6) is 0 Å². The third kappa shape index (κ3) is 2.53. The van der Waals surface area contributed by atoms with Crippen LogP contribution < -0.4 is 4.90 Å². The van der Waals surface area contributed by atoms with Crippen molar-refractivity contribution in [1.82, 2.24) is 34.3 Å². The summed E-state index contributed by atoms with van der Waals surface area (Å²) in [7, 11) is 1.93. The quantitative estimate of drug-likeness (QED) is 0.729. The summed E-state index contributed by atoms with van der Waals surface area (Å²) in [6.45, 7) is 5.99. The molecule has 1 saturated heterocycles. The Balaban J connectivity index is 1.62. The highest BCUT2D eigenvalue weighted by molar-refractivity contribution is 5.64. The lowest BCUT2D eigenvalue weighted by atomic mass is 10.4. The standard InChI is InChI=1S/C16H20N8/c1-11-10-17-12(2)15-18-13(21-24(11)15)6-7-14-19-16(22(3)20-14)23-8-4-5-9-23/h6-7,10H,4-5,8-9H2,1-3H3/b7-6+. The van der Waals surface area contributed by atoms with E-state index in [0.29, 0.717) is 11.6 Å². The van der Waals surface area contributed by atoms with Crippen LogP contribution in [0.15, 0.2) is 6.20 Å². The molecule has 0 spiro atoms. The summed E-state index contributed by atoms with van der Waals surface area (Å²) >= 11 is 0. The summed E-state index contributed by atoms with van der Waals surface area (Å²) in [5.74, 6) is 2.22. The van der Waals surface area contributed by atoms with Crippen molar-refractivity contribution >= 4 is 23.7 Å². The Morgan fingerprint density at radius 3 is 2.42 bits per heavy atom. The molecule has 0 atom stereocenters. The first kappa shape index (κ1) is 14.8. The van der Waals surface area contributed by atoms with Gasteiger partial charge in [0.1, 0.15) is 0 Å². The zero-order valence-corrected chi connectivity index (χ0v) is 14.1. The SMILES string of the molecule is Cc1ncc(C)n2nc(/C=C/c3nc(N4CCCC4)n(C)n3)nc12. The number of hydrogen-bond donors (Lipinski definition) is 0. The van der Waals surface area contributed by atoms with Crippen molar-refractivity contribution in [3.8, 4) is 0 Å². The Labute approximate surface area is 139 Å². The van der Waals surface area contributed by atoms with Gasteiger partial charge in [0.25, 0.3) is 0 Å². The van der Waals surface area contributed by atoms with E-state index >= 15 is 0 Å². The largest absolute Gasteiger partial charge is 0.341 e. The van der Waals surface area contributed by atoms with Crippen molar-refractivity contribution in [3.05, 3.63) is 29.2 Å². The van der Waals surface area contributed by atoms with Crippen LogP contribution in [0.4, 0.5) is 5.95 Å². The second-order valence-electron chi connectivity index (χ2n) is 6.11. The molecule has 0 unspecified atom stereocenters. The minimum absolute atomic E-state index is 0.629. The highest BCUT2D eigenvalue weighted by Gasteiger charge is 2.17. The van der Waals surface area contributed by atoms with Crippen LogP contribution in [0.2, 0.25) is 0 Å². The van der Waals surface area contributed by atoms with Crippen LogP contribution in [0, 0.1) is 13.8 Å². The molecule has 0 aliphatic carbocycles. The zero-order valence-electron chi connectivity index (χ0n) is 14.1. The summed E-state index contributed by atoms with van der Waals surface area (Å²) in [4.78, 5) is 15.7. The number of aromatic nitrogens is 7. The van der Waals surface area contributed by atoms with Crippen molar-refractivity contribution in [2.24, 2.45) is 7.05 Å². The number of nitrogens with zero attached hydrogens (tertiary/aromatic N) is 8. The molecule has 124 valence electrons. The van der Waals surface area contributed by atoms with E-state index in [-0.39, 0.29) is 0 Å². The zero-order chi connectivity index (χ0) is 16.7. The van der Waals surface area contributed by atoms with Gasteiger partial charge in [-0.2, -0.15) is 10.1 Å². The van der Waals surface area contributed by atoms with Crippen LogP contribution in [0.3, 0.4) is 0 Å². The predicted octanol–water partition coefficient (Wildman–Crippen LogP) is 1.64. The van der Waals surface area contributed by atoms with E-state index in [9.17, 15) is 0 Å². The summed E-state index contributed by atoms with van der Waals surface area (Å²) in [6, 6.07) is 0. The highest BCUT2D eigenvalue weighted by atomic mass is 15.4. The molecule has 0 radical (unpaired) electrons. The molecular weight excluding hydrogens is 304 g/mol. The van der Waals surface area contributed by atoms with E-state index in [1.807, 2.05) is 42.2 Å². The molecule has 0 amide bonds. The lowest BCUT2D eigenvalue weighted by Gasteiger charge is -2.14. The second kappa shape index (κ2) is 5.70. The van der Waals surface area contributed by atoms with Crippen LogP contribution in [-0.2, 0) is 7.05 Å². The molecule has 0 saturated carbocycles. The summed E-state index contributed by atoms with van der Waals surface area (Å²) < 4.78 is 3.64. The molecule has 24 heavy (non-hydrogen) atoms. The number of hydrogen-bond acceptors (Lipinski definition) is 6. The average molecular weight is 324 g/mol. The van der Waals surface area contributed by atoms with Gasteiger partial charge in [0.05, 0.1) is 11.4 Å². The van der Waals surface area contributed by atoms with Gasteiger partial charge in [0.2, 0.25) is 5.95 Å². The smallest absolute Gasteiger partial charge is 0.224 e. The van der Waals surface area contributed by atoms with Gasteiger partial charge in [-0.15, -0.1) is 5.10 Å². The molecule has 4 rings (SSSR count). The van der Waals surface area contributed by atoms with Gasteiger partial charge in [0, 0.05) is 26.3 Å². The fraction of sp³-hybridized carbons (Fsp3) is 0.438. The molecule has 3 aromatic rings. The van der Waals surface area contributed by atoms with E-state index in [1.165, 1.54) is 12.8 Å². The first-order chi connectivity index (χ1) is 11.6. The first-order valence-corrected chi connectivity index (χ1v) is 8.15. The molecule has 0 aromatic carbocycles. The van der Waals surface area contributed by atoms with Crippen molar-refractivity contribution in [3.63, 3.8) is 0 Å². The van der Waals surface area contributed by atoms with Gasteiger partial charge >= 0.3 is 0 Å². The minimum Gasteiger partial charge on any atom is -0.341 e. The maximum Gasteiger partial charge on any atom is 0.224 e. The van der Waals surface area contributed by atoms with Crippen LogP contribution in [-0.4, -0.2) is 47.4 Å². The normalized spacial score (nSPS) is 15.2. The Bertz CT molecular complexity index is 875. The van der Waals surface area contributed by atoms with Gasteiger partial charge in [0.15, 0.2) is 17.3 Å². The van der Waals surface area contributed by atoms with Crippen molar-refractivity contribution in [2.75, 3.05) is 18.0 Å². The molecular formula is C16H20N8. The summed E-state index contributed by atoms with van der Waals surface area (Å²) in [5, 5.41) is 8.96. The molecule has 0 N–H and O–H groups in total. The first-order valence-electron chi connectivity index (χ1n) is 8.15. The van der Waals surface area contributed by atoms with Crippen LogP contribution in [0.1, 0.15) is 35.9 Å². The molecule has 1 aliphatic heterocycles. The third-order valence-electron chi connectivity index (χ3n) is 4.25. The minimum atomic E-state index is 0.629. The van der Waals surface area contributed by atoms with E-state index in [0.717, 1.165) is 36.1 Å². The number of anilines is 1. The second-order valence-corrected chi connectivity index (χ2v) is 6.11. The molecule has 0 bridgehead atoms. The lowest BCUT2D eigenvalue weighted by molar-refractivity contribution is 0.733. The van der Waals surface area contributed by atoms with Gasteiger partial charge < -0.3 is 4.90 Å². The lowest BCUT2D eigenvalue weighted by Crippen LogP contribution is -2.21. The van der Waals surface area contributed by atoms with Gasteiger partial charge in [-0.25, -0.2) is 14.2 Å². The number of fused-ring (bicyclic) bond motifs is 1. The fourth-order valence-corrected chi connectivity index (χ4v) is 2.99. The maximum absolute atomic E-state index is 4.61. The maximum atomic E-state index is 4.61. The Kier molecular flexibility index (Phi) is 3.51. The van der Waals surface area contributed by atoms with Crippen LogP contribution in [0.25, 0.3) is 17.8 Å². The highest BCUT2D eigenvalue weighted by Crippen LogP contribution is 2.18. The third-order valence-corrected chi connectivity index (χ3v) is 4.25. The van der Waals surface area contributed by atoms with Crippen LogP contribution >= 0.6 is 0 Å². The summed E-state index contributed by atoms with van der Waals surface area (Å²) in [5.41, 5.74) is 2.59. The van der Waals surface area contributed by atoms with Gasteiger partial charge in [-0.05, 0) is 38.8 Å². The number of aryl methyl sites for hydroxylation is 3. The topological polar surface area (TPSA) is 77.0 Å². The van der Waals surface area contributed by atoms with Gasteiger partial charge in [-0.3, -0.25) is 4.98 Å². The molecule has 4 heterocycles. The Hall–Kier alpha value is -2.77. The van der Waals surface area contributed by atoms with E-state index < -0.39 is 0 Å². The van der Waals surface area contributed by atoms with Crippen molar-refractivity contribution in [2.45, 2.75) is 26.7 Å². The molecule has 1 aliphatic rings. The monoisotopic (exact) mass is 324 g/mol. The van der Waals surface area contributed by atoms with Crippen molar-refractivity contribution < 1.29 is 0 Å². The molecule has 8 heteroatoms. The van der Waals surface area contributed by atoms with E-state index in [1.54, 1.807) is 6.20 Å². The predicted molar refractivity (Wildman–Crippen MR) is 91.6 cm³/mol. The van der Waals surface area contributed by atoms with Crippen molar-refractivity contribution in [1.29, 1.82) is 0 Å².